The van der Waals surface area contributed by atoms with E-state index < -0.39 is 19.4 Å². The van der Waals surface area contributed by atoms with Gasteiger partial charge in [-0.15, -0.1) is 0 Å². The fourth-order valence-electron chi connectivity index (χ4n) is 4.84. The van der Waals surface area contributed by atoms with Crippen molar-refractivity contribution < 1.29 is 32.8 Å². The Morgan fingerprint density at radius 2 is 1.89 bits per heavy atom. The molecule has 2 aliphatic heterocycles. The zero-order chi connectivity index (χ0) is 25.8. The molecule has 3 aromatic rings. The van der Waals surface area contributed by atoms with Crippen molar-refractivity contribution in [3.05, 3.63) is 56.9 Å². The molecule has 0 saturated carbocycles. The molecule has 1 aromatic carbocycles. The maximum atomic E-state index is 13.4. The number of cyclic esters (lactones) is 1. The van der Waals surface area contributed by atoms with Crippen LogP contribution < -0.4 is 10.1 Å². The monoisotopic (exact) mass is 514 g/mol. The summed E-state index contributed by atoms with van der Waals surface area (Å²) in [7, 11) is -3.76. The van der Waals surface area contributed by atoms with Crippen LogP contribution in [-0.4, -0.2) is 33.8 Å². The molecule has 4 heterocycles. The van der Waals surface area contributed by atoms with E-state index in [1.165, 1.54) is 6.92 Å². The predicted octanol–water partition coefficient (Wildman–Crippen LogP) is 3.95. The second-order valence-electron chi connectivity index (χ2n) is 9.04. The summed E-state index contributed by atoms with van der Waals surface area (Å²) in [5, 5.41) is 11.8. The fraction of sp³-hybridized carbons (Fsp3) is 0.400. The van der Waals surface area contributed by atoms with Gasteiger partial charge in [0, 0.05) is 10.9 Å². The van der Waals surface area contributed by atoms with Gasteiger partial charge in [0.05, 0.1) is 54.2 Å². The van der Waals surface area contributed by atoms with Crippen molar-refractivity contribution in [3.8, 4) is 17.1 Å². The third-order valence-corrected chi connectivity index (χ3v) is 8.12. The number of pyridine rings is 2. The number of esters is 1. The second kappa shape index (κ2) is 8.81. The summed E-state index contributed by atoms with van der Waals surface area (Å²) in [6.45, 7) is 7.28. The van der Waals surface area contributed by atoms with E-state index in [1.54, 1.807) is 42.7 Å². The number of aliphatic hydroxyl groups is 1. The first-order valence-corrected chi connectivity index (χ1v) is 13.2. The Kier molecular flexibility index (Phi) is 6.03. The molecule has 1 N–H and O–H groups in total. The highest BCUT2D eigenvalue weighted by atomic mass is 31.2. The number of hydrogen-bond acceptors (Lipinski definition) is 9. The average molecular weight is 514 g/mol. The summed E-state index contributed by atoms with van der Waals surface area (Å²) >= 11 is 0. The van der Waals surface area contributed by atoms with Crippen molar-refractivity contribution in [1.82, 2.24) is 9.55 Å². The predicted molar refractivity (Wildman–Crippen MR) is 131 cm³/mol. The molecule has 0 fully saturated rings. The van der Waals surface area contributed by atoms with E-state index in [-0.39, 0.29) is 43.9 Å². The number of fused-ring (bicyclic) bond motifs is 5. The van der Waals surface area contributed by atoms with Crippen molar-refractivity contribution in [3.63, 3.8) is 0 Å². The third kappa shape index (κ3) is 4.04. The maximum Gasteiger partial charge on any atom is 0.530 e. The first-order chi connectivity index (χ1) is 17.1. The van der Waals surface area contributed by atoms with Gasteiger partial charge in [0.25, 0.3) is 5.56 Å². The molecule has 5 rings (SSSR count). The van der Waals surface area contributed by atoms with Gasteiger partial charge in [-0.25, -0.2) is 9.55 Å². The number of benzene rings is 1. The molecular formula is C25H27N2O8P. The molecule has 0 spiro atoms. The Morgan fingerprint density at radius 1 is 1.17 bits per heavy atom. The van der Waals surface area contributed by atoms with Gasteiger partial charge in [-0.2, -0.15) is 0 Å². The molecule has 11 heteroatoms. The lowest BCUT2D eigenvalue weighted by atomic mass is 9.89. The minimum atomic E-state index is -3.76. The normalized spacial score (nSPS) is 18.9. The van der Waals surface area contributed by atoms with Gasteiger partial charge in [0.15, 0.2) is 0 Å². The highest BCUT2D eigenvalue weighted by Crippen LogP contribution is 2.50. The average Bonchev–Trinajstić information content (AvgIpc) is 3.12. The number of ether oxygens (including phenoxy) is 1. The molecule has 2 aromatic heterocycles. The summed E-state index contributed by atoms with van der Waals surface area (Å²) in [5.41, 5.74) is 2.39. The van der Waals surface area contributed by atoms with Crippen LogP contribution in [0.2, 0.25) is 0 Å². The summed E-state index contributed by atoms with van der Waals surface area (Å²) in [6.07, 6.45) is -0.240. The van der Waals surface area contributed by atoms with Crippen molar-refractivity contribution in [2.24, 2.45) is 0 Å². The van der Waals surface area contributed by atoms with Crippen molar-refractivity contribution in [2.75, 3.05) is 13.2 Å². The number of aryl methyl sites for hydroxylation is 1. The number of nitrogens with zero attached hydrogens (tertiary/aromatic N) is 2. The maximum absolute atomic E-state index is 13.4. The smallest absolute Gasteiger partial charge is 0.460 e. The zero-order valence-corrected chi connectivity index (χ0v) is 21.4. The van der Waals surface area contributed by atoms with Gasteiger partial charge in [-0.1, -0.05) is 0 Å². The van der Waals surface area contributed by atoms with E-state index in [1.807, 2.05) is 6.92 Å². The topological polar surface area (TPSA) is 126 Å². The minimum Gasteiger partial charge on any atom is -0.460 e. The van der Waals surface area contributed by atoms with Gasteiger partial charge in [-0.3, -0.25) is 18.6 Å². The second-order valence-corrected chi connectivity index (χ2v) is 10.6. The summed E-state index contributed by atoms with van der Waals surface area (Å²) < 4.78 is 35.7. The van der Waals surface area contributed by atoms with E-state index >= 15 is 0 Å². The molecule has 0 aliphatic carbocycles. The van der Waals surface area contributed by atoms with Crippen LogP contribution in [0.3, 0.4) is 0 Å². The summed E-state index contributed by atoms with van der Waals surface area (Å²) in [6, 6.07) is 6.85. The first kappa shape index (κ1) is 24.6. The van der Waals surface area contributed by atoms with Crippen LogP contribution in [0.1, 0.15) is 49.4 Å². The van der Waals surface area contributed by atoms with Gasteiger partial charge in [-0.05, 0) is 63.1 Å². The van der Waals surface area contributed by atoms with Gasteiger partial charge < -0.3 is 18.9 Å². The largest absolute Gasteiger partial charge is 0.530 e. The molecular weight excluding hydrogens is 487 g/mol. The molecule has 1 unspecified atom stereocenters. The van der Waals surface area contributed by atoms with E-state index in [9.17, 15) is 19.3 Å². The minimum absolute atomic E-state index is 0.169. The lowest BCUT2D eigenvalue weighted by Crippen LogP contribution is -2.30. The lowest BCUT2D eigenvalue weighted by molar-refractivity contribution is -0.148. The number of rotatable bonds is 6. The number of aromatic nitrogens is 2. The number of carbonyl (C=O) groups is 1. The number of hydrogen-bond donors (Lipinski definition) is 1. The Balaban J connectivity index is 1.61. The molecule has 0 radical (unpaired) electrons. The SMILES string of the molecule is CCOP(=O)(OCC)Oc1ccc2nc3c(c(C)c2c1)Cn1c-3cc2c(c1=O)COC(=O)CC2(C)O. The van der Waals surface area contributed by atoms with Crippen LogP contribution in [0.5, 0.6) is 5.75 Å². The molecule has 0 saturated heterocycles. The first-order valence-electron chi connectivity index (χ1n) is 11.7. The highest BCUT2D eigenvalue weighted by molar-refractivity contribution is 7.48. The molecule has 0 bridgehead atoms. The zero-order valence-electron chi connectivity index (χ0n) is 20.5. The molecule has 36 heavy (non-hydrogen) atoms. The molecule has 1 atom stereocenters. The molecule has 0 amide bonds. The Bertz CT molecular complexity index is 1500. The molecule has 2 aliphatic rings. The summed E-state index contributed by atoms with van der Waals surface area (Å²) in [5.74, 6) is -0.243. The van der Waals surface area contributed by atoms with Crippen LogP contribution in [0, 0.1) is 6.92 Å². The van der Waals surface area contributed by atoms with Crippen LogP contribution in [0.15, 0.2) is 29.1 Å². The Morgan fingerprint density at radius 3 is 2.58 bits per heavy atom. The van der Waals surface area contributed by atoms with E-state index in [4.69, 9.17) is 23.3 Å². The van der Waals surface area contributed by atoms with Crippen molar-refractivity contribution in [1.29, 1.82) is 0 Å². The number of phosphoric acid groups is 1. The van der Waals surface area contributed by atoms with Gasteiger partial charge in [0.2, 0.25) is 0 Å². The highest BCUT2D eigenvalue weighted by Gasteiger charge is 2.37. The van der Waals surface area contributed by atoms with E-state index in [2.05, 4.69) is 0 Å². The Labute approximate surface area is 207 Å². The Hall–Kier alpha value is -3.04. The quantitative estimate of drug-likeness (QED) is 0.301. The van der Waals surface area contributed by atoms with Crippen molar-refractivity contribution >= 4 is 24.7 Å². The molecule has 10 nitrogen and oxygen atoms in total. The van der Waals surface area contributed by atoms with Crippen molar-refractivity contribution in [2.45, 2.75) is 52.9 Å². The van der Waals surface area contributed by atoms with E-state index in [0.717, 1.165) is 16.5 Å². The lowest BCUT2D eigenvalue weighted by Gasteiger charge is -2.22. The van der Waals surface area contributed by atoms with Crippen LogP contribution in [0.4, 0.5) is 0 Å². The summed E-state index contributed by atoms with van der Waals surface area (Å²) in [4.78, 5) is 30.2. The number of phosphoric ester groups is 1. The van der Waals surface area contributed by atoms with Crippen LogP contribution in [-0.2, 0) is 41.9 Å². The van der Waals surface area contributed by atoms with Crippen LogP contribution >= 0.6 is 7.82 Å². The van der Waals surface area contributed by atoms with Gasteiger partial charge in [0.1, 0.15) is 12.4 Å². The number of carbonyl (C=O) groups excluding carboxylic acids is 1. The van der Waals surface area contributed by atoms with E-state index in [0.29, 0.717) is 28.2 Å². The van der Waals surface area contributed by atoms with Gasteiger partial charge >= 0.3 is 13.8 Å². The standard InChI is InChI=1S/C25H27N2O8P/c1-5-33-36(31,34-6-2)35-15-7-8-20-16(9-15)14(3)17-12-27-21(23(17)26-20)10-19-18(24(27)29)13-32-22(28)11-25(19,4)30/h7-10,30H,5-6,11-13H2,1-4H3. The molecule has 190 valence electrons. The third-order valence-electron chi connectivity index (χ3n) is 6.54. The van der Waals surface area contributed by atoms with Crippen LogP contribution in [0.25, 0.3) is 22.3 Å². The fourth-order valence-corrected chi connectivity index (χ4v) is 6.02.